The summed E-state index contributed by atoms with van der Waals surface area (Å²) in [7, 11) is 0. The monoisotopic (exact) mass is 140 g/mol. The summed E-state index contributed by atoms with van der Waals surface area (Å²) in [5.41, 5.74) is 5.69. The van der Waals surface area contributed by atoms with Crippen molar-refractivity contribution in [2.75, 3.05) is 13.1 Å². The van der Waals surface area contributed by atoms with Crippen molar-refractivity contribution in [1.29, 1.82) is 0 Å². The van der Waals surface area contributed by atoms with E-state index in [1.165, 1.54) is 12.8 Å². The van der Waals surface area contributed by atoms with Crippen molar-refractivity contribution in [2.45, 2.75) is 31.8 Å². The smallest absolute Gasteiger partial charge is 0.0297 e. The van der Waals surface area contributed by atoms with Crippen LogP contribution in [0, 0.1) is 5.92 Å². The first-order valence-corrected chi connectivity index (χ1v) is 4.27. The zero-order valence-electron chi connectivity index (χ0n) is 6.59. The van der Waals surface area contributed by atoms with Crippen molar-refractivity contribution in [3.8, 4) is 0 Å². The van der Waals surface area contributed by atoms with Crippen LogP contribution in [0.15, 0.2) is 0 Å². The molecule has 2 heteroatoms. The summed E-state index contributed by atoms with van der Waals surface area (Å²) in [6.45, 7) is 4.61. The van der Waals surface area contributed by atoms with E-state index in [2.05, 4.69) is 11.8 Å². The molecule has 1 aliphatic heterocycles. The fraction of sp³-hybridized carbons (Fsp3) is 1.00. The van der Waals surface area contributed by atoms with Crippen LogP contribution in [0.4, 0.5) is 0 Å². The van der Waals surface area contributed by atoms with Crippen molar-refractivity contribution < 1.29 is 0 Å². The van der Waals surface area contributed by atoms with E-state index in [0.29, 0.717) is 6.04 Å². The largest absolute Gasteiger partial charge is 0.325 e. The summed E-state index contributed by atoms with van der Waals surface area (Å²) < 4.78 is 0. The van der Waals surface area contributed by atoms with Gasteiger partial charge in [0.25, 0.3) is 0 Å². The van der Waals surface area contributed by atoms with Crippen LogP contribution in [0.25, 0.3) is 0 Å². The average Bonchev–Trinajstić information content (AvgIpc) is 2.60. The molecule has 0 bridgehead atoms. The van der Waals surface area contributed by atoms with Crippen molar-refractivity contribution >= 4 is 0 Å². The Kier molecular flexibility index (Phi) is 1.46. The molecule has 1 atom stereocenters. The molecule has 2 nitrogen and oxygen atoms in total. The summed E-state index contributed by atoms with van der Waals surface area (Å²) in [4.78, 5) is 2.50. The molecule has 1 heterocycles. The first-order valence-electron chi connectivity index (χ1n) is 4.27. The molecule has 0 spiro atoms. The van der Waals surface area contributed by atoms with Crippen LogP contribution < -0.4 is 5.73 Å². The molecule has 0 aromatic carbocycles. The molecule has 1 unspecified atom stereocenters. The molecule has 0 aromatic rings. The topological polar surface area (TPSA) is 29.3 Å². The number of nitrogens with two attached hydrogens (primary N) is 1. The second-order valence-electron chi connectivity index (χ2n) is 3.79. The lowest BCUT2D eigenvalue weighted by atomic mass is 10.0. The number of hydrogen-bond acceptors (Lipinski definition) is 2. The van der Waals surface area contributed by atoms with Gasteiger partial charge in [-0.05, 0) is 25.7 Å². The van der Waals surface area contributed by atoms with Gasteiger partial charge < -0.3 is 5.73 Å². The predicted octanol–water partition coefficient (Wildman–Crippen LogP) is 0.428. The molecule has 0 aromatic heterocycles. The van der Waals surface area contributed by atoms with Gasteiger partial charge in [-0.15, -0.1) is 0 Å². The molecule has 2 fully saturated rings. The quantitative estimate of drug-likeness (QED) is 0.602. The van der Waals surface area contributed by atoms with E-state index in [1.807, 2.05) is 0 Å². The molecule has 58 valence electrons. The lowest BCUT2D eigenvalue weighted by Crippen LogP contribution is -2.59. The molecular weight excluding hydrogens is 124 g/mol. The van der Waals surface area contributed by atoms with Crippen LogP contribution in [0.1, 0.15) is 19.8 Å². The molecule has 0 amide bonds. The van der Waals surface area contributed by atoms with E-state index < -0.39 is 0 Å². The maximum atomic E-state index is 5.69. The Morgan fingerprint density at radius 1 is 1.40 bits per heavy atom. The maximum Gasteiger partial charge on any atom is 0.0297 e. The normalized spacial score (nSPS) is 31.8. The first kappa shape index (κ1) is 6.62. The molecule has 2 aliphatic rings. The van der Waals surface area contributed by atoms with Crippen LogP contribution in [-0.4, -0.2) is 30.1 Å². The second-order valence-corrected chi connectivity index (χ2v) is 3.79. The second kappa shape index (κ2) is 2.21. The number of nitrogens with zero attached hydrogens (tertiary/aromatic N) is 1. The van der Waals surface area contributed by atoms with Gasteiger partial charge in [-0.25, -0.2) is 0 Å². The number of likely N-dealkylation sites (tertiary alicyclic amines) is 1. The molecule has 0 radical (unpaired) electrons. The minimum absolute atomic E-state index is 0.473. The molecule has 1 saturated carbocycles. The molecule has 1 aliphatic carbocycles. The minimum Gasteiger partial charge on any atom is -0.325 e. The zero-order chi connectivity index (χ0) is 7.14. The standard InChI is InChI=1S/C8H16N2/c1-6(7-2-3-7)10-4-8(9)5-10/h6-8H,2-5,9H2,1H3. The first-order chi connectivity index (χ1) is 4.77. The fourth-order valence-electron chi connectivity index (χ4n) is 1.76. The van der Waals surface area contributed by atoms with Crippen LogP contribution in [0.2, 0.25) is 0 Å². The summed E-state index contributed by atoms with van der Waals surface area (Å²) in [6.07, 6.45) is 2.90. The minimum atomic E-state index is 0.473. The van der Waals surface area contributed by atoms with Crippen molar-refractivity contribution in [2.24, 2.45) is 11.7 Å². The van der Waals surface area contributed by atoms with Gasteiger partial charge in [0.05, 0.1) is 0 Å². The summed E-state index contributed by atoms with van der Waals surface area (Å²) >= 11 is 0. The van der Waals surface area contributed by atoms with E-state index in [9.17, 15) is 0 Å². The van der Waals surface area contributed by atoms with Gasteiger partial charge in [-0.3, -0.25) is 4.90 Å². The Morgan fingerprint density at radius 3 is 2.40 bits per heavy atom. The average molecular weight is 140 g/mol. The van der Waals surface area contributed by atoms with Crippen LogP contribution >= 0.6 is 0 Å². The Hall–Kier alpha value is -0.0800. The van der Waals surface area contributed by atoms with Gasteiger partial charge in [0.1, 0.15) is 0 Å². The molecular formula is C8H16N2. The van der Waals surface area contributed by atoms with Gasteiger partial charge in [0.15, 0.2) is 0 Å². The fourth-order valence-corrected chi connectivity index (χ4v) is 1.76. The third-order valence-electron chi connectivity index (χ3n) is 2.82. The number of hydrogen-bond donors (Lipinski definition) is 1. The highest BCUT2D eigenvalue weighted by Gasteiger charge is 2.36. The highest BCUT2D eigenvalue weighted by atomic mass is 15.2. The third kappa shape index (κ3) is 1.06. The van der Waals surface area contributed by atoms with Crippen LogP contribution in [-0.2, 0) is 0 Å². The van der Waals surface area contributed by atoms with E-state index in [0.717, 1.165) is 25.0 Å². The Balaban J connectivity index is 1.77. The SMILES string of the molecule is CC(C1CC1)N1CC(N)C1. The van der Waals surface area contributed by atoms with Gasteiger partial charge in [0, 0.05) is 25.2 Å². The predicted molar refractivity (Wildman–Crippen MR) is 41.7 cm³/mol. The van der Waals surface area contributed by atoms with E-state index in [1.54, 1.807) is 0 Å². The summed E-state index contributed by atoms with van der Waals surface area (Å²) in [5, 5.41) is 0. The van der Waals surface area contributed by atoms with Crippen molar-refractivity contribution in [3.05, 3.63) is 0 Å². The van der Waals surface area contributed by atoms with Crippen LogP contribution in [0.3, 0.4) is 0 Å². The van der Waals surface area contributed by atoms with Crippen molar-refractivity contribution in [3.63, 3.8) is 0 Å². The summed E-state index contributed by atoms with van der Waals surface area (Å²) in [5.74, 6) is 1.01. The lowest BCUT2D eigenvalue weighted by molar-refractivity contribution is 0.0913. The molecule has 2 N–H and O–H groups in total. The van der Waals surface area contributed by atoms with Crippen LogP contribution in [0.5, 0.6) is 0 Å². The highest BCUT2D eigenvalue weighted by Crippen LogP contribution is 2.36. The lowest BCUT2D eigenvalue weighted by Gasteiger charge is -2.41. The molecule has 2 rings (SSSR count). The highest BCUT2D eigenvalue weighted by molar-refractivity contribution is 4.92. The van der Waals surface area contributed by atoms with E-state index in [-0.39, 0.29) is 0 Å². The van der Waals surface area contributed by atoms with E-state index in [4.69, 9.17) is 5.73 Å². The number of rotatable bonds is 2. The third-order valence-corrected chi connectivity index (χ3v) is 2.82. The Morgan fingerprint density at radius 2 is 2.00 bits per heavy atom. The Labute approximate surface area is 62.4 Å². The maximum absolute atomic E-state index is 5.69. The Bertz CT molecular complexity index is 125. The van der Waals surface area contributed by atoms with E-state index >= 15 is 0 Å². The summed E-state index contributed by atoms with van der Waals surface area (Å²) in [6, 6.07) is 1.29. The van der Waals surface area contributed by atoms with Gasteiger partial charge in [-0.1, -0.05) is 0 Å². The van der Waals surface area contributed by atoms with Gasteiger partial charge >= 0.3 is 0 Å². The zero-order valence-corrected chi connectivity index (χ0v) is 6.59. The molecule has 10 heavy (non-hydrogen) atoms. The van der Waals surface area contributed by atoms with Gasteiger partial charge in [-0.2, -0.15) is 0 Å². The van der Waals surface area contributed by atoms with Crippen molar-refractivity contribution in [1.82, 2.24) is 4.90 Å². The molecule has 1 saturated heterocycles. The van der Waals surface area contributed by atoms with Gasteiger partial charge in [0.2, 0.25) is 0 Å².